The number of anilines is 1. The zero-order valence-corrected chi connectivity index (χ0v) is 21.8. The largest absolute Gasteiger partial charge is 0.471 e. The van der Waals surface area contributed by atoms with Gasteiger partial charge in [0.15, 0.2) is 0 Å². The van der Waals surface area contributed by atoms with Crippen LogP contribution in [0.1, 0.15) is 36.8 Å². The van der Waals surface area contributed by atoms with Gasteiger partial charge in [0.05, 0.1) is 11.6 Å². The Morgan fingerprint density at radius 1 is 1.07 bits per heavy atom. The molecule has 1 unspecified atom stereocenters. The molecule has 2 aromatic rings. The summed E-state index contributed by atoms with van der Waals surface area (Å²) in [4.78, 5) is 53.2. The van der Waals surface area contributed by atoms with Crippen LogP contribution in [0.5, 0.6) is 0 Å². The van der Waals surface area contributed by atoms with Gasteiger partial charge < -0.3 is 26.6 Å². The van der Waals surface area contributed by atoms with E-state index >= 15 is 0 Å². The maximum atomic E-state index is 13.8. The van der Waals surface area contributed by atoms with E-state index in [-0.39, 0.29) is 36.8 Å². The first kappa shape index (κ1) is 28.5. The lowest BCUT2D eigenvalue weighted by Gasteiger charge is -2.29. The number of nitrogens with two attached hydrogens (primary N) is 1. The number of halogens is 4. The number of carbonyl (C=O) groups excluding carboxylic acids is 4. The van der Waals surface area contributed by atoms with E-state index in [0.29, 0.717) is 11.3 Å². The Morgan fingerprint density at radius 3 is 2.49 bits per heavy atom. The lowest BCUT2D eigenvalue weighted by molar-refractivity contribution is -0.174. The van der Waals surface area contributed by atoms with Gasteiger partial charge in [0.1, 0.15) is 17.9 Å². The fraction of sp³-hybridized carbons (Fsp3) is 0.429. The Balaban J connectivity index is 1.37. The number of benzene rings is 2. The van der Waals surface area contributed by atoms with Gasteiger partial charge in [-0.1, -0.05) is 43.2 Å². The Kier molecular flexibility index (Phi) is 7.49. The number of amides is 4. The van der Waals surface area contributed by atoms with Crippen LogP contribution in [0.2, 0.25) is 0 Å². The molecule has 2 heterocycles. The number of hydrogen-bond acceptors (Lipinski definition) is 5. The molecule has 218 valence electrons. The quantitative estimate of drug-likeness (QED) is 0.358. The number of likely N-dealkylation sites (tertiary alicyclic amines) is 1. The number of hydrogen-bond donors (Lipinski definition) is 4. The number of para-hydroxylation sites is 1. The molecule has 5 rings (SSSR count). The molecule has 1 spiro atoms. The van der Waals surface area contributed by atoms with Gasteiger partial charge in [-0.15, -0.1) is 0 Å². The molecule has 0 radical (unpaired) electrons. The van der Waals surface area contributed by atoms with Crippen LogP contribution in [0.15, 0.2) is 48.5 Å². The second-order valence-electron chi connectivity index (χ2n) is 10.9. The fourth-order valence-corrected chi connectivity index (χ4v) is 5.64. The zero-order valence-electron chi connectivity index (χ0n) is 21.8. The number of nitrogens with one attached hydrogen (secondary N) is 3. The molecule has 2 fully saturated rings. The molecular weight excluding hydrogens is 546 g/mol. The summed E-state index contributed by atoms with van der Waals surface area (Å²) in [6.07, 6.45) is -4.59. The van der Waals surface area contributed by atoms with Crippen LogP contribution in [-0.2, 0) is 31.0 Å². The van der Waals surface area contributed by atoms with Gasteiger partial charge in [0.2, 0.25) is 17.7 Å². The van der Waals surface area contributed by atoms with Gasteiger partial charge in [-0.3, -0.25) is 19.2 Å². The minimum absolute atomic E-state index is 0.0373. The molecule has 1 saturated heterocycles. The van der Waals surface area contributed by atoms with E-state index in [9.17, 15) is 36.7 Å². The van der Waals surface area contributed by atoms with Crippen molar-refractivity contribution in [2.45, 2.75) is 61.9 Å². The summed E-state index contributed by atoms with van der Waals surface area (Å²) in [7, 11) is 0. The predicted molar refractivity (Wildman–Crippen MR) is 138 cm³/mol. The van der Waals surface area contributed by atoms with Crippen molar-refractivity contribution in [2.24, 2.45) is 11.7 Å². The van der Waals surface area contributed by atoms with Crippen molar-refractivity contribution in [1.29, 1.82) is 0 Å². The minimum atomic E-state index is -5.27. The Hall–Kier alpha value is -4.00. The number of rotatable bonds is 8. The number of carbonyl (C=O) groups is 4. The topological polar surface area (TPSA) is 134 Å². The Morgan fingerprint density at radius 2 is 1.80 bits per heavy atom. The second kappa shape index (κ2) is 10.8. The van der Waals surface area contributed by atoms with Crippen LogP contribution in [0, 0.1) is 11.7 Å². The molecule has 3 aliphatic rings. The molecule has 2 aromatic carbocycles. The Labute approximate surface area is 232 Å². The molecule has 5 N–H and O–H groups in total. The SMILES string of the molecule is N[C@@H]1C[C@@]2(CN1C(=O)[C@H](CC1CC1)NC(=O)C(Cc1cccc(F)c1)NC(=O)C(F)(F)F)C(=O)Nc1ccccc12. The average molecular weight is 576 g/mol. The van der Waals surface area contributed by atoms with Gasteiger partial charge in [-0.05, 0) is 41.7 Å². The van der Waals surface area contributed by atoms with Crippen molar-refractivity contribution in [1.82, 2.24) is 15.5 Å². The van der Waals surface area contributed by atoms with Crippen LogP contribution >= 0.6 is 0 Å². The molecule has 4 atom stereocenters. The van der Waals surface area contributed by atoms with Crippen molar-refractivity contribution >= 4 is 29.3 Å². The number of nitrogens with zero attached hydrogens (tertiary/aromatic N) is 1. The molecule has 0 bridgehead atoms. The van der Waals surface area contributed by atoms with E-state index in [1.165, 1.54) is 17.0 Å². The van der Waals surface area contributed by atoms with Crippen molar-refractivity contribution in [3.8, 4) is 0 Å². The maximum absolute atomic E-state index is 13.8. The maximum Gasteiger partial charge on any atom is 0.471 e. The molecule has 4 amide bonds. The first-order chi connectivity index (χ1) is 19.4. The van der Waals surface area contributed by atoms with Gasteiger partial charge in [0.25, 0.3) is 0 Å². The van der Waals surface area contributed by atoms with Gasteiger partial charge >= 0.3 is 12.1 Å². The highest BCUT2D eigenvalue weighted by Gasteiger charge is 2.55. The number of fused-ring (bicyclic) bond motifs is 2. The van der Waals surface area contributed by atoms with E-state index in [2.05, 4.69) is 10.6 Å². The first-order valence-electron chi connectivity index (χ1n) is 13.3. The Bertz CT molecular complexity index is 1380. The summed E-state index contributed by atoms with van der Waals surface area (Å²) in [5, 5.41) is 7.02. The molecular formula is C28H29F4N5O4. The van der Waals surface area contributed by atoms with Crippen molar-refractivity contribution in [3.05, 3.63) is 65.5 Å². The van der Waals surface area contributed by atoms with Gasteiger partial charge in [0, 0.05) is 25.1 Å². The van der Waals surface area contributed by atoms with Crippen LogP contribution < -0.4 is 21.7 Å². The van der Waals surface area contributed by atoms with Crippen LogP contribution in [-0.4, -0.2) is 59.5 Å². The summed E-state index contributed by atoms with van der Waals surface area (Å²) in [6.45, 7) is -0.0373. The third-order valence-corrected chi connectivity index (χ3v) is 7.90. The highest BCUT2D eigenvalue weighted by molar-refractivity contribution is 6.07. The van der Waals surface area contributed by atoms with Gasteiger partial charge in [-0.2, -0.15) is 13.2 Å². The standard InChI is InChI=1S/C28H29F4N5O4/c29-17-5-3-4-16(10-17)12-20(36-26(41)28(30,31)32)23(38)34-21(11-15-8-9-15)24(39)37-14-27(13-22(37)33)18-6-1-2-7-19(18)35-25(27)40/h1-7,10,15,20-22H,8-9,11-14,33H2,(H,34,38)(H,35,40)(H,36,41)/t20?,21-,22-,27-/m0/s1. The fourth-order valence-electron chi connectivity index (χ4n) is 5.64. The summed E-state index contributed by atoms with van der Waals surface area (Å²) in [5.74, 6) is -4.79. The second-order valence-corrected chi connectivity index (χ2v) is 10.9. The van der Waals surface area contributed by atoms with E-state index in [1.807, 2.05) is 0 Å². The normalized spacial score (nSPS) is 23.1. The highest BCUT2D eigenvalue weighted by atomic mass is 19.4. The highest BCUT2D eigenvalue weighted by Crippen LogP contribution is 2.45. The van der Waals surface area contributed by atoms with Crippen LogP contribution in [0.3, 0.4) is 0 Å². The monoisotopic (exact) mass is 575 g/mol. The lowest BCUT2D eigenvalue weighted by Crippen LogP contribution is -2.57. The van der Waals surface area contributed by atoms with Crippen LogP contribution in [0.25, 0.3) is 0 Å². The molecule has 2 aliphatic heterocycles. The molecule has 0 aromatic heterocycles. The summed E-state index contributed by atoms with van der Waals surface area (Å²) in [5.41, 5.74) is 6.80. The summed E-state index contributed by atoms with van der Waals surface area (Å²) < 4.78 is 52.9. The number of alkyl halides is 3. The van der Waals surface area contributed by atoms with Crippen molar-refractivity contribution in [2.75, 3.05) is 11.9 Å². The van der Waals surface area contributed by atoms with E-state index in [4.69, 9.17) is 5.73 Å². The van der Waals surface area contributed by atoms with Crippen molar-refractivity contribution in [3.63, 3.8) is 0 Å². The third kappa shape index (κ3) is 5.90. The molecule has 1 aliphatic carbocycles. The average Bonchev–Trinajstić information content (AvgIpc) is 3.60. The van der Waals surface area contributed by atoms with E-state index in [0.717, 1.165) is 25.0 Å². The van der Waals surface area contributed by atoms with E-state index in [1.54, 1.807) is 29.6 Å². The molecule has 9 nitrogen and oxygen atoms in total. The third-order valence-electron chi connectivity index (χ3n) is 7.90. The lowest BCUT2D eigenvalue weighted by atomic mass is 9.80. The van der Waals surface area contributed by atoms with Crippen LogP contribution in [0.4, 0.5) is 23.2 Å². The summed E-state index contributed by atoms with van der Waals surface area (Å²) in [6, 6.07) is 9.10. The van der Waals surface area contributed by atoms with Gasteiger partial charge in [-0.25, -0.2) is 4.39 Å². The van der Waals surface area contributed by atoms with Crippen molar-refractivity contribution < 1.29 is 36.7 Å². The zero-order chi connectivity index (χ0) is 29.5. The minimum Gasteiger partial charge on any atom is -0.342 e. The first-order valence-corrected chi connectivity index (χ1v) is 13.3. The van der Waals surface area contributed by atoms with E-state index < -0.39 is 59.8 Å². The predicted octanol–water partition coefficient (Wildman–Crippen LogP) is 2.11. The summed E-state index contributed by atoms with van der Waals surface area (Å²) >= 11 is 0. The molecule has 13 heteroatoms. The smallest absolute Gasteiger partial charge is 0.342 e. The molecule has 41 heavy (non-hydrogen) atoms. The molecule has 1 saturated carbocycles.